The molecule has 4 rings (SSSR count). The highest BCUT2D eigenvalue weighted by molar-refractivity contribution is 5.94. The standard InChI is InChI=1S/C28H33N5O3/c1-28(2,3)23-6-4-21(5-7-23)9-17-36-25-18-22(8-10-31-25)27(35)33-15-13-32(14-16-33)26(34)19-24-20-29-11-12-30-24/h4-8,10-12,18,20H,9,13-17,19H2,1-3H3. The van der Waals surface area contributed by atoms with Crippen LogP contribution in [-0.2, 0) is 23.1 Å². The van der Waals surface area contributed by atoms with E-state index in [4.69, 9.17) is 4.74 Å². The molecule has 0 spiro atoms. The lowest BCUT2D eigenvalue weighted by atomic mass is 9.86. The van der Waals surface area contributed by atoms with Gasteiger partial charge in [-0.2, -0.15) is 0 Å². The Hall–Kier alpha value is -3.81. The molecule has 1 aliphatic rings. The summed E-state index contributed by atoms with van der Waals surface area (Å²) >= 11 is 0. The highest BCUT2D eigenvalue weighted by atomic mass is 16.5. The van der Waals surface area contributed by atoms with Gasteiger partial charge in [0.15, 0.2) is 0 Å². The summed E-state index contributed by atoms with van der Waals surface area (Å²) in [6.07, 6.45) is 7.34. The van der Waals surface area contributed by atoms with E-state index < -0.39 is 0 Å². The minimum Gasteiger partial charge on any atom is -0.477 e. The Bertz CT molecular complexity index is 1170. The van der Waals surface area contributed by atoms with Crippen LogP contribution in [0.1, 0.15) is 48.0 Å². The van der Waals surface area contributed by atoms with Gasteiger partial charge in [0.25, 0.3) is 5.91 Å². The number of carbonyl (C=O) groups is 2. The quantitative estimate of drug-likeness (QED) is 0.508. The topological polar surface area (TPSA) is 88.5 Å². The maximum Gasteiger partial charge on any atom is 0.254 e. The van der Waals surface area contributed by atoms with Gasteiger partial charge in [0.2, 0.25) is 11.8 Å². The molecule has 2 amide bonds. The van der Waals surface area contributed by atoms with Gasteiger partial charge in [0.1, 0.15) is 0 Å². The third-order valence-electron chi connectivity index (χ3n) is 6.31. The molecule has 1 saturated heterocycles. The van der Waals surface area contributed by atoms with Crippen molar-refractivity contribution in [3.05, 3.63) is 83.6 Å². The average molecular weight is 488 g/mol. The largest absolute Gasteiger partial charge is 0.477 e. The minimum atomic E-state index is -0.0824. The number of amides is 2. The molecule has 188 valence electrons. The normalized spacial score (nSPS) is 14.0. The van der Waals surface area contributed by atoms with Gasteiger partial charge in [-0.1, -0.05) is 45.0 Å². The van der Waals surface area contributed by atoms with Crippen molar-refractivity contribution in [3.8, 4) is 5.88 Å². The van der Waals surface area contributed by atoms with E-state index in [1.807, 2.05) is 0 Å². The number of aromatic nitrogens is 3. The van der Waals surface area contributed by atoms with Crippen LogP contribution in [0.4, 0.5) is 0 Å². The van der Waals surface area contributed by atoms with E-state index in [0.29, 0.717) is 49.9 Å². The SMILES string of the molecule is CC(C)(C)c1ccc(CCOc2cc(C(=O)N3CCN(C(=O)Cc4cnccn4)CC3)ccn2)cc1. The van der Waals surface area contributed by atoms with E-state index >= 15 is 0 Å². The molecule has 36 heavy (non-hydrogen) atoms. The van der Waals surface area contributed by atoms with E-state index in [1.165, 1.54) is 11.1 Å². The van der Waals surface area contributed by atoms with Gasteiger partial charge in [0.05, 0.1) is 18.7 Å². The van der Waals surface area contributed by atoms with Crippen LogP contribution in [0.15, 0.2) is 61.2 Å². The molecule has 1 aliphatic heterocycles. The zero-order valence-corrected chi connectivity index (χ0v) is 21.2. The molecular formula is C28H33N5O3. The summed E-state index contributed by atoms with van der Waals surface area (Å²) in [6.45, 7) is 9.03. The summed E-state index contributed by atoms with van der Waals surface area (Å²) in [4.78, 5) is 41.6. The second-order valence-corrected chi connectivity index (χ2v) is 9.97. The van der Waals surface area contributed by atoms with Crippen molar-refractivity contribution in [3.63, 3.8) is 0 Å². The Balaban J connectivity index is 1.26. The number of pyridine rings is 1. The fourth-order valence-electron chi connectivity index (χ4n) is 4.10. The Morgan fingerprint density at radius 2 is 1.64 bits per heavy atom. The summed E-state index contributed by atoms with van der Waals surface area (Å²) in [5.41, 5.74) is 3.81. The van der Waals surface area contributed by atoms with E-state index in [2.05, 4.69) is 60.0 Å². The first-order valence-corrected chi connectivity index (χ1v) is 12.3. The molecule has 0 aliphatic carbocycles. The zero-order valence-electron chi connectivity index (χ0n) is 21.2. The molecule has 0 radical (unpaired) electrons. The summed E-state index contributed by atoms with van der Waals surface area (Å²) in [6, 6.07) is 12.0. The first-order chi connectivity index (χ1) is 17.3. The highest BCUT2D eigenvalue weighted by Gasteiger charge is 2.25. The van der Waals surface area contributed by atoms with Crippen molar-refractivity contribution in [2.45, 2.75) is 39.0 Å². The highest BCUT2D eigenvalue weighted by Crippen LogP contribution is 2.22. The maximum atomic E-state index is 13.0. The number of benzene rings is 1. The summed E-state index contributed by atoms with van der Waals surface area (Å²) in [5.74, 6) is 0.348. The summed E-state index contributed by atoms with van der Waals surface area (Å²) < 4.78 is 5.84. The molecule has 0 unspecified atom stereocenters. The molecule has 0 bridgehead atoms. The smallest absolute Gasteiger partial charge is 0.254 e. The van der Waals surface area contributed by atoms with Gasteiger partial charge in [-0.05, 0) is 22.6 Å². The number of nitrogens with zero attached hydrogens (tertiary/aromatic N) is 5. The first kappa shape index (κ1) is 25.3. The molecule has 2 aromatic heterocycles. The van der Waals surface area contributed by atoms with Gasteiger partial charge in [0, 0.05) is 69.0 Å². The average Bonchev–Trinajstić information content (AvgIpc) is 2.89. The second kappa shape index (κ2) is 11.3. The lowest BCUT2D eigenvalue weighted by molar-refractivity contribution is -0.132. The number of ether oxygens (including phenoxy) is 1. The molecule has 0 saturated carbocycles. The van der Waals surface area contributed by atoms with Crippen LogP contribution in [0.2, 0.25) is 0 Å². The van der Waals surface area contributed by atoms with E-state index in [-0.39, 0.29) is 23.7 Å². The first-order valence-electron chi connectivity index (χ1n) is 12.3. The third-order valence-corrected chi connectivity index (χ3v) is 6.31. The van der Waals surface area contributed by atoms with Gasteiger partial charge < -0.3 is 14.5 Å². The van der Waals surface area contributed by atoms with Crippen LogP contribution in [0.5, 0.6) is 5.88 Å². The molecule has 0 atom stereocenters. The van der Waals surface area contributed by atoms with Crippen molar-refractivity contribution in [1.29, 1.82) is 0 Å². The third kappa shape index (κ3) is 6.65. The molecule has 1 fully saturated rings. The van der Waals surface area contributed by atoms with Crippen LogP contribution in [-0.4, -0.2) is 69.4 Å². The molecule has 0 N–H and O–H groups in total. The predicted octanol–water partition coefficient (Wildman–Crippen LogP) is 3.32. The number of carbonyl (C=O) groups excluding carboxylic acids is 2. The minimum absolute atomic E-state index is 0.00441. The van der Waals surface area contributed by atoms with Gasteiger partial charge in [-0.15, -0.1) is 0 Å². The van der Waals surface area contributed by atoms with E-state index in [9.17, 15) is 9.59 Å². The van der Waals surface area contributed by atoms with Crippen LogP contribution in [0.25, 0.3) is 0 Å². The summed E-state index contributed by atoms with van der Waals surface area (Å²) in [5, 5.41) is 0. The van der Waals surface area contributed by atoms with E-state index in [0.717, 1.165) is 6.42 Å². The molecule has 1 aromatic carbocycles. The molecule has 3 heterocycles. The molecule has 8 nitrogen and oxygen atoms in total. The lowest BCUT2D eigenvalue weighted by Gasteiger charge is -2.34. The van der Waals surface area contributed by atoms with Crippen molar-refractivity contribution in [2.24, 2.45) is 0 Å². The Morgan fingerprint density at radius 1 is 0.917 bits per heavy atom. The summed E-state index contributed by atoms with van der Waals surface area (Å²) in [7, 11) is 0. The Morgan fingerprint density at radius 3 is 2.31 bits per heavy atom. The van der Waals surface area contributed by atoms with Gasteiger partial charge in [-0.3, -0.25) is 19.6 Å². The molecule has 3 aromatic rings. The number of piperazine rings is 1. The molecule has 8 heteroatoms. The van der Waals surface area contributed by atoms with Crippen molar-refractivity contribution >= 4 is 11.8 Å². The fraction of sp³-hybridized carbons (Fsp3) is 0.393. The van der Waals surface area contributed by atoms with Crippen LogP contribution >= 0.6 is 0 Å². The van der Waals surface area contributed by atoms with Crippen LogP contribution in [0.3, 0.4) is 0 Å². The Kier molecular flexibility index (Phi) is 7.93. The lowest BCUT2D eigenvalue weighted by Crippen LogP contribution is -2.51. The second-order valence-electron chi connectivity index (χ2n) is 9.97. The molecular weight excluding hydrogens is 454 g/mol. The van der Waals surface area contributed by atoms with Crippen molar-refractivity contribution in [2.75, 3.05) is 32.8 Å². The van der Waals surface area contributed by atoms with Gasteiger partial charge >= 0.3 is 0 Å². The maximum absolute atomic E-state index is 13.0. The number of hydrogen-bond acceptors (Lipinski definition) is 6. The number of rotatable bonds is 7. The fourth-order valence-corrected chi connectivity index (χ4v) is 4.10. The van der Waals surface area contributed by atoms with Crippen LogP contribution in [0, 0.1) is 0 Å². The van der Waals surface area contributed by atoms with Crippen LogP contribution < -0.4 is 4.74 Å². The predicted molar refractivity (Wildman–Crippen MR) is 137 cm³/mol. The van der Waals surface area contributed by atoms with Crippen molar-refractivity contribution < 1.29 is 14.3 Å². The zero-order chi connectivity index (χ0) is 25.5. The van der Waals surface area contributed by atoms with Crippen molar-refractivity contribution in [1.82, 2.24) is 24.8 Å². The number of hydrogen-bond donors (Lipinski definition) is 0. The monoisotopic (exact) mass is 487 g/mol. The Labute approximate surface area is 212 Å². The van der Waals surface area contributed by atoms with Gasteiger partial charge in [-0.25, -0.2) is 4.98 Å². The van der Waals surface area contributed by atoms with E-state index in [1.54, 1.807) is 46.7 Å².